The molecule has 0 bridgehead atoms. The van der Waals surface area contributed by atoms with E-state index in [1.165, 1.54) is 11.6 Å². The van der Waals surface area contributed by atoms with E-state index >= 15 is 0 Å². The normalized spacial score (nSPS) is 11.8. The summed E-state index contributed by atoms with van der Waals surface area (Å²) in [5, 5.41) is -0.109. The molecule has 0 amide bonds. The molecule has 0 radical (unpaired) electrons. The average Bonchev–Trinajstić information content (AvgIpc) is 2.77. The first-order chi connectivity index (χ1) is 11.2. The van der Waals surface area contributed by atoms with Crippen LogP contribution in [0, 0.1) is 0 Å². The Morgan fingerprint density at radius 3 is 2.54 bits per heavy atom. The van der Waals surface area contributed by atoms with E-state index < -0.39 is 30.1 Å². The van der Waals surface area contributed by atoms with Gasteiger partial charge in [0.15, 0.2) is 18.1 Å². The van der Waals surface area contributed by atoms with E-state index in [2.05, 4.69) is 4.98 Å². The van der Waals surface area contributed by atoms with Crippen LogP contribution in [0.15, 0.2) is 10.9 Å². The van der Waals surface area contributed by atoms with Gasteiger partial charge in [0.05, 0.1) is 12.1 Å². The number of halogens is 3. The molecule has 0 fully saturated rings. The summed E-state index contributed by atoms with van der Waals surface area (Å²) in [6.07, 6.45) is -4.09. The van der Waals surface area contributed by atoms with Crippen LogP contribution in [0.3, 0.4) is 0 Å². The summed E-state index contributed by atoms with van der Waals surface area (Å²) >= 11 is 0. The molecule has 9 heteroatoms. The van der Waals surface area contributed by atoms with Gasteiger partial charge in [-0.15, -0.1) is 0 Å². The number of aryl methyl sites for hydroxylation is 2. The number of esters is 1. The Morgan fingerprint density at radius 2 is 2.00 bits per heavy atom. The lowest BCUT2D eigenvalue weighted by Gasteiger charge is -2.10. The first kappa shape index (κ1) is 17.9. The average molecular weight is 346 g/mol. The highest BCUT2D eigenvalue weighted by atomic mass is 19.4. The minimum Gasteiger partial charge on any atom is -0.481 e. The molecule has 24 heavy (non-hydrogen) atoms. The maximum absolute atomic E-state index is 12.5. The molecule has 2 rings (SSSR count). The number of carbonyl (C=O) groups excluding carboxylic acids is 1. The maximum atomic E-state index is 12.5. The van der Waals surface area contributed by atoms with Crippen molar-refractivity contribution >= 4 is 16.9 Å². The van der Waals surface area contributed by atoms with Gasteiger partial charge in [-0.2, -0.15) is 13.2 Å². The predicted molar refractivity (Wildman–Crippen MR) is 80.4 cm³/mol. The molecule has 0 saturated carbocycles. The fourth-order valence-electron chi connectivity index (χ4n) is 2.39. The number of H-pyrrole nitrogens is 1. The molecule has 0 saturated heterocycles. The Kier molecular flexibility index (Phi) is 4.91. The Morgan fingerprint density at radius 1 is 1.33 bits per heavy atom. The van der Waals surface area contributed by atoms with Gasteiger partial charge in [-0.05, 0) is 19.4 Å². The number of ether oxygens (including phenoxy) is 2. The Labute approximate surface area is 135 Å². The third kappa shape index (κ3) is 3.39. The number of aromatic amines is 1. The van der Waals surface area contributed by atoms with Gasteiger partial charge in [0, 0.05) is 12.7 Å². The van der Waals surface area contributed by atoms with E-state index in [9.17, 15) is 22.8 Å². The standard InChI is InChI=1S/C15H17F3N2O4/c1-4-8-6-9-10(13(21)19-8)12(24-7-15(16,17)18)11(20(9)3)14(22)23-5-2/h6H,4-5,7H2,1-3H3,(H,19,21). The second kappa shape index (κ2) is 6.58. The molecule has 2 aromatic heterocycles. The van der Waals surface area contributed by atoms with E-state index in [0.29, 0.717) is 17.6 Å². The first-order valence-electron chi connectivity index (χ1n) is 7.30. The number of nitrogens with zero attached hydrogens (tertiary/aromatic N) is 1. The highest BCUT2D eigenvalue weighted by molar-refractivity contribution is 6.01. The summed E-state index contributed by atoms with van der Waals surface area (Å²) in [5.74, 6) is -1.28. The summed E-state index contributed by atoms with van der Waals surface area (Å²) in [4.78, 5) is 27.0. The molecule has 132 valence electrons. The number of hydrogen-bond acceptors (Lipinski definition) is 4. The van der Waals surface area contributed by atoms with E-state index in [1.54, 1.807) is 13.0 Å². The minimum absolute atomic E-state index is 0.0373. The zero-order chi connectivity index (χ0) is 18.1. The number of rotatable bonds is 5. The lowest BCUT2D eigenvalue weighted by molar-refractivity contribution is -0.153. The largest absolute Gasteiger partial charge is 0.481 e. The van der Waals surface area contributed by atoms with Crippen molar-refractivity contribution in [1.82, 2.24) is 9.55 Å². The Hall–Kier alpha value is -2.45. The van der Waals surface area contributed by atoms with Crippen LogP contribution >= 0.6 is 0 Å². The third-order valence-electron chi connectivity index (χ3n) is 3.44. The number of carbonyl (C=O) groups is 1. The molecule has 0 aliphatic heterocycles. The van der Waals surface area contributed by atoms with Crippen LogP contribution in [0.2, 0.25) is 0 Å². The number of aromatic nitrogens is 2. The molecule has 0 aliphatic carbocycles. The van der Waals surface area contributed by atoms with Crippen molar-refractivity contribution in [1.29, 1.82) is 0 Å². The molecule has 6 nitrogen and oxygen atoms in total. The van der Waals surface area contributed by atoms with Gasteiger partial charge in [0.1, 0.15) is 5.39 Å². The number of pyridine rings is 1. The molecule has 0 aromatic carbocycles. The topological polar surface area (TPSA) is 73.3 Å². The van der Waals surface area contributed by atoms with Crippen LogP contribution in [0.5, 0.6) is 5.75 Å². The van der Waals surface area contributed by atoms with Crippen molar-refractivity contribution in [3.63, 3.8) is 0 Å². The van der Waals surface area contributed by atoms with Crippen molar-refractivity contribution in [2.24, 2.45) is 7.05 Å². The molecule has 0 atom stereocenters. The van der Waals surface area contributed by atoms with Crippen molar-refractivity contribution < 1.29 is 27.4 Å². The summed E-state index contributed by atoms with van der Waals surface area (Å²) in [6, 6.07) is 1.60. The minimum atomic E-state index is -4.61. The quantitative estimate of drug-likeness (QED) is 0.845. The fourth-order valence-corrected chi connectivity index (χ4v) is 2.39. The van der Waals surface area contributed by atoms with Crippen molar-refractivity contribution in [3.8, 4) is 5.75 Å². The summed E-state index contributed by atoms with van der Waals surface area (Å²) in [7, 11) is 1.47. The van der Waals surface area contributed by atoms with Crippen LogP contribution in [0.25, 0.3) is 10.9 Å². The second-order valence-electron chi connectivity index (χ2n) is 5.10. The second-order valence-corrected chi connectivity index (χ2v) is 5.10. The fraction of sp³-hybridized carbons (Fsp3) is 0.467. The number of alkyl halides is 3. The van der Waals surface area contributed by atoms with Gasteiger partial charge in [-0.3, -0.25) is 4.79 Å². The van der Waals surface area contributed by atoms with Gasteiger partial charge in [-0.25, -0.2) is 4.79 Å². The SMILES string of the molecule is CCOC(=O)c1c(OCC(F)(F)F)c2c(=O)[nH]c(CC)cc2n1C. The van der Waals surface area contributed by atoms with Crippen LogP contribution in [0.1, 0.15) is 30.0 Å². The van der Waals surface area contributed by atoms with Crippen LogP contribution in [0.4, 0.5) is 13.2 Å². The summed E-state index contributed by atoms with van der Waals surface area (Å²) in [5.41, 5.74) is 0.0456. The number of fused-ring (bicyclic) bond motifs is 1. The van der Waals surface area contributed by atoms with Crippen LogP contribution in [-0.2, 0) is 18.2 Å². The molecular weight excluding hydrogens is 329 g/mol. The van der Waals surface area contributed by atoms with E-state index in [-0.39, 0.29) is 17.7 Å². The van der Waals surface area contributed by atoms with Gasteiger partial charge < -0.3 is 19.0 Å². The first-order valence-corrected chi connectivity index (χ1v) is 7.30. The Bertz CT molecular complexity index is 821. The highest BCUT2D eigenvalue weighted by Crippen LogP contribution is 2.32. The molecule has 2 heterocycles. The van der Waals surface area contributed by atoms with E-state index in [1.807, 2.05) is 6.92 Å². The summed E-state index contributed by atoms with van der Waals surface area (Å²) < 4.78 is 48.5. The lowest BCUT2D eigenvalue weighted by Crippen LogP contribution is -2.21. The van der Waals surface area contributed by atoms with E-state index in [0.717, 1.165) is 0 Å². The number of nitrogens with one attached hydrogen (secondary N) is 1. The van der Waals surface area contributed by atoms with E-state index in [4.69, 9.17) is 9.47 Å². The highest BCUT2D eigenvalue weighted by Gasteiger charge is 2.32. The van der Waals surface area contributed by atoms with Crippen molar-refractivity contribution in [2.45, 2.75) is 26.4 Å². The number of hydrogen-bond donors (Lipinski definition) is 1. The maximum Gasteiger partial charge on any atom is 0.422 e. The lowest BCUT2D eigenvalue weighted by atomic mass is 10.2. The van der Waals surface area contributed by atoms with Crippen molar-refractivity contribution in [2.75, 3.05) is 13.2 Å². The predicted octanol–water partition coefficient (Wildman–Crippen LogP) is 2.55. The Balaban J connectivity index is 2.72. The molecule has 0 aliphatic rings. The van der Waals surface area contributed by atoms with Crippen LogP contribution in [-0.4, -0.2) is 34.9 Å². The van der Waals surface area contributed by atoms with Crippen molar-refractivity contribution in [3.05, 3.63) is 27.8 Å². The zero-order valence-corrected chi connectivity index (χ0v) is 13.4. The van der Waals surface area contributed by atoms with Gasteiger partial charge >= 0.3 is 12.1 Å². The molecular formula is C15H17F3N2O4. The molecule has 0 unspecified atom stereocenters. The molecule has 2 aromatic rings. The summed E-state index contributed by atoms with van der Waals surface area (Å²) in [6.45, 7) is 1.80. The van der Waals surface area contributed by atoms with Gasteiger partial charge in [0.25, 0.3) is 5.56 Å². The van der Waals surface area contributed by atoms with Gasteiger partial charge in [0.2, 0.25) is 0 Å². The molecule has 1 N–H and O–H groups in total. The monoisotopic (exact) mass is 346 g/mol. The molecule has 0 spiro atoms. The van der Waals surface area contributed by atoms with Crippen LogP contribution < -0.4 is 10.3 Å². The zero-order valence-electron chi connectivity index (χ0n) is 13.4. The third-order valence-corrected chi connectivity index (χ3v) is 3.44. The van der Waals surface area contributed by atoms with Gasteiger partial charge in [-0.1, -0.05) is 6.92 Å². The smallest absolute Gasteiger partial charge is 0.422 e.